The number of morpholine rings is 1. The quantitative estimate of drug-likeness (QED) is 0.551. The molecule has 2 heterocycles. The number of amides is 1. The molecule has 2 aromatic carbocycles. The number of aromatic nitrogens is 1. The van der Waals surface area contributed by atoms with Crippen molar-refractivity contribution in [2.24, 2.45) is 0 Å². The molecule has 1 amide bonds. The molecule has 1 saturated heterocycles. The van der Waals surface area contributed by atoms with E-state index in [1.807, 2.05) is 42.5 Å². The Morgan fingerprint density at radius 2 is 1.87 bits per heavy atom. The Morgan fingerprint density at radius 1 is 1.13 bits per heavy atom. The minimum Gasteiger partial charge on any atom is -0.493 e. The highest BCUT2D eigenvalue weighted by Crippen LogP contribution is 2.29. The van der Waals surface area contributed by atoms with E-state index in [1.165, 1.54) is 11.3 Å². The van der Waals surface area contributed by atoms with Gasteiger partial charge < -0.3 is 14.2 Å². The highest BCUT2D eigenvalue weighted by atomic mass is 32.1. The second-order valence-corrected chi connectivity index (χ2v) is 7.91. The average molecular weight is 428 g/mol. The molecule has 7 nitrogen and oxygen atoms in total. The molecule has 1 aliphatic heterocycles. The van der Waals surface area contributed by atoms with Gasteiger partial charge in [-0.2, -0.15) is 0 Å². The standard InChI is InChI=1S/C22H25N3O4S/c1-27-18-7-3-4-8-19(18)29-16-21(26)25(11-10-24-12-14-28-15-13-24)22-23-17-6-2-5-9-20(17)30-22/h2-9H,10-16H2,1H3. The number of fused-ring (bicyclic) bond motifs is 1. The minimum absolute atomic E-state index is 0.0839. The number of anilines is 1. The van der Waals surface area contributed by atoms with Crippen molar-refractivity contribution >= 4 is 32.6 Å². The number of carbonyl (C=O) groups excluding carboxylic acids is 1. The summed E-state index contributed by atoms with van der Waals surface area (Å²) in [6.07, 6.45) is 0. The van der Waals surface area contributed by atoms with Crippen molar-refractivity contribution in [3.63, 3.8) is 0 Å². The van der Waals surface area contributed by atoms with Crippen LogP contribution in [0.3, 0.4) is 0 Å². The molecule has 4 rings (SSSR count). The molecule has 0 N–H and O–H groups in total. The van der Waals surface area contributed by atoms with Gasteiger partial charge in [0.1, 0.15) is 0 Å². The molecule has 158 valence electrons. The van der Waals surface area contributed by atoms with Gasteiger partial charge in [-0.1, -0.05) is 35.6 Å². The van der Waals surface area contributed by atoms with E-state index >= 15 is 0 Å². The fourth-order valence-corrected chi connectivity index (χ4v) is 4.33. The smallest absolute Gasteiger partial charge is 0.266 e. The first-order valence-electron chi connectivity index (χ1n) is 9.96. The molecule has 1 aromatic heterocycles. The van der Waals surface area contributed by atoms with E-state index in [1.54, 1.807) is 18.1 Å². The van der Waals surface area contributed by atoms with Gasteiger partial charge in [-0.25, -0.2) is 4.98 Å². The lowest BCUT2D eigenvalue weighted by molar-refractivity contribution is -0.120. The first-order valence-corrected chi connectivity index (χ1v) is 10.8. The number of para-hydroxylation sites is 3. The van der Waals surface area contributed by atoms with Gasteiger partial charge in [0.15, 0.2) is 23.2 Å². The molecular weight excluding hydrogens is 402 g/mol. The average Bonchev–Trinajstić information content (AvgIpc) is 3.22. The Balaban J connectivity index is 1.50. The maximum absolute atomic E-state index is 13.1. The summed E-state index contributed by atoms with van der Waals surface area (Å²) >= 11 is 1.52. The van der Waals surface area contributed by atoms with Crippen LogP contribution in [0.4, 0.5) is 5.13 Å². The lowest BCUT2D eigenvalue weighted by atomic mass is 10.3. The van der Waals surface area contributed by atoms with Crippen molar-refractivity contribution in [1.29, 1.82) is 0 Å². The van der Waals surface area contributed by atoms with Gasteiger partial charge in [-0.3, -0.25) is 14.6 Å². The van der Waals surface area contributed by atoms with Gasteiger partial charge in [0, 0.05) is 26.2 Å². The highest BCUT2D eigenvalue weighted by Gasteiger charge is 2.22. The van der Waals surface area contributed by atoms with Crippen LogP contribution in [0, 0.1) is 0 Å². The zero-order valence-corrected chi connectivity index (χ0v) is 17.8. The molecule has 30 heavy (non-hydrogen) atoms. The number of hydrogen-bond donors (Lipinski definition) is 0. The first kappa shape index (κ1) is 20.6. The fraction of sp³-hybridized carbons (Fsp3) is 0.364. The Labute approximate surface area is 179 Å². The molecule has 0 unspecified atom stereocenters. The van der Waals surface area contributed by atoms with Crippen LogP contribution in [0.1, 0.15) is 0 Å². The molecule has 0 bridgehead atoms. The van der Waals surface area contributed by atoms with Crippen molar-refractivity contribution in [2.75, 3.05) is 58.0 Å². The van der Waals surface area contributed by atoms with E-state index in [0.29, 0.717) is 23.2 Å². The fourth-order valence-electron chi connectivity index (χ4n) is 3.32. The third-order valence-electron chi connectivity index (χ3n) is 4.98. The van der Waals surface area contributed by atoms with Crippen molar-refractivity contribution in [1.82, 2.24) is 9.88 Å². The second kappa shape index (κ2) is 9.88. The summed E-state index contributed by atoms with van der Waals surface area (Å²) in [5, 5.41) is 0.693. The van der Waals surface area contributed by atoms with Gasteiger partial charge in [-0.05, 0) is 24.3 Å². The third kappa shape index (κ3) is 4.89. The lowest BCUT2D eigenvalue weighted by Gasteiger charge is -2.29. The van der Waals surface area contributed by atoms with Crippen molar-refractivity contribution < 1.29 is 19.0 Å². The number of ether oxygens (including phenoxy) is 3. The number of hydrogen-bond acceptors (Lipinski definition) is 7. The molecule has 0 radical (unpaired) electrons. The largest absolute Gasteiger partial charge is 0.493 e. The van der Waals surface area contributed by atoms with Gasteiger partial charge in [0.25, 0.3) is 5.91 Å². The van der Waals surface area contributed by atoms with Gasteiger partial charge in [0.05, 0.1) is 30.5 Å². The van der Waals surface area contributed by atoms with Crippen LogP contribution in [-0.2, 0) is 9.53 Å². The zero-order chi connectivity index (χ0) is 20.8. The SMILES string of the molecule is COc1ccccc1OCC(=O)N(CCN1CCOCC1)c1nc2ccccc2s1. The van der Waals surface area contributed by atoms with Crippen LogP contribution in [-0.4, -0.2) is 68.9 Å². The van der Waals surface area contributed by atoms with Crippen molar-refractivity contribution in [3.05, 3.63) is 48.5 Å². The molecule has 1 aliphatic rings. The topological polar surface area (TPSA) is 64.1 Å². The molecule has 0 atom stereocenters. The summed E-state index contributed by atoms with van der Waals surface area (Å²) in [7, 11) is 1.58. The zero-order valence-electron chi connectivity index (χ0n) is 17.0. The summed E-state index contributed by atoms with van der Waals surface area (Å²) in [4.78, 5) is 21.9. The van der Waals surface area contributed by atoms with Crippen LogP contribution >= 0.6 is 11.3 Å². The molecule has 0 aliphatic carbocycles. The lowest BCUT2D eigenvalue weighted by Crippen LogP contribution is -2.44. The number of nitrogens with zero attached hydrogens (tertiary/aromatic N) is 3. The van der Waals surface area contributed by atoms with Crippen LogP contribution in [0.5, 0.6) is 11.5 Å². The van der Waals surface area contributed by atoms with Gasteiger partial charge in [0.2, 0.25) is 0 Å². The summed E-state index contributed by atoms with van der Waals surface area (Å²) in [5.41, 5.74) is 0.896. The Bertz CT molecular complexity index is 954. The molecule has 0 saturated carbocycles. The number of benzene rings is 2. The van der Waals surface area contributed by atoms with Gasteiger partial charge in [-0.15, -0.1) is 0 Å². The van der Waals surface area contributed by atoms with E-state index in [0.717, 1.165) is 43.1 Å². The monoisotopic (exact) mass is 427 g/mol. The van der Waals surface area contributed by atoms with Crippen LogP contribution in [0.15, 0.2) is 48.5 Å². The molecule has 8 heteroatoms. The summed E-state index contributed by atoms with van der Waals surface area (Å²) in [6, 6.07) is 15.2. The normalized spacial score (nSPS) is 14.6. The molecule has 0 spiro atoms. The summed E-state index contributed by atoms with van der Waals surface area (Å²) in [5.74, 6) is 1.02. The Morgan fingerprint density at radius 3 is 2.63 bits per heavy atom. The maximum atomic E-state index is 13.1. The predicted molar refractivity (Wildman–Crippen MR) is 118 cm³/mol. The predicted octanol–water partition coefficient (Wildman–Crippen LogP) is 3.05. The van der Waals surface area contributed by atoms with E-state index in [-0.39, 0.29) is 12.5 Å². The molecular formula is C22H25N3O4S. The van der Waals surface area contributed by atoms with E-state index in [9.17, 15) is 4.79 Å². The van der Waals surface area contributed by atoms with Crippen LogP contribution < -0.4 is 14.4 Å². The van der Waals surface area contributed by atoms with Crippen LogP contribution in [0.25, 0.3) is 10.2 Å². The number of carbonyl (C=O) groups is 1. The van der Waals surface area contributed by atoms with Crippen molar-refractivity contribution in [2.45, 2.75) is 0 Å². The van der Waals surface area contributed by atoms with E-state index in [2.05, 4.69) is 9.88 Å². The number of rotatable bonds is 8. The maximum Gasteiger partial charge on any atom is 0.266 e. The summed E-state index contributed by atoms with van der Waals surface area (Å²) < 4.78 is 17.6. The molecule has 3 aromatic rings. The summed E-state index contributed by atoms with van der Waals surface area (Å²) in [6.45, 7) is 4.43. The van der Waals surface area contributed by atoms with E-state index in [4.69, 9.17) is 14.2 Å². The van der Waals surface area contributed by atoms with Crippen molar-refractivity contribution in [3.8, 4) is 11.5 Å². The highest BCUT2D eigenvalue weighted by molar-refractivity contribution is 7.22. The Hall–Kier alpha value is -2.68. The molecule has 1 fully saturated rings. The van der Waals surface area contributed by atoms with E-state index < -0.39 is 0 Å². The first-order chi connectivity index (χ1) is 14.7. The Kier molecular flexibility index (Phi) is 6.78. The van der Waals surface area contributed by atoms with Gasteiger partial charge >= 0.3 is 0 Å². The van der Waals surface area contributed by atoms with Crippen LogP contribution in [0.2, 0.25) is 0 Å². The second-order valence-electron chi connectivity index (χ2n) is 6.90. The minimum atomic E-state index is -0.131. The third-order valence-corrected chi connectivity index (χ3v) is 6.04. The number of thiazole rings is 1. The number of methoxy groups -OCH3 is 1.